The molecule has 2 N–H and O–H groups in total. The molecule has 0 unspecified atom stereocenters. The summed E-state index contributed by atoms with van der Waals surface area (Å²) in [6, 6.07) is 5.48. The van der Waals surface area contributed by atoms with Gasteiger partial charge in [-0.1, -0.05) is 6.07 Å². The number of urea groups is 1. The SMILES string of the molecule is C[C@@H]1CN(C(C)(C)CNC(=O)NCc2ccc(-n3cccn3)nc2)C[C@H](C)O1. The maximum Gasteiger partial charge on any atom is 0.315 e. The van der Waals surface area contributed by atoms with Gasteiger partial charge >= 0.3 is 6.03 Å². The Morgan fingerprint density at radius 1 is 1.25 bits per heavy atom. The first-order valence-corrected chi connectivity index (χ1v) is 9.70. The Bertz CT molecular complexity index is 750. The van der Waals surface area contributed by atoms with Crippen molar-refractivity contribution in [3.63, 3.8) is 0 Å². The van der Waals surface area contributed by atoms with E-state index in [1.807, 2.05) is 24.4 Å². The van der Waals surface area contributed by atoms with Crippen LogP contribution in [0.2, 0.25) is 0 Å². The first-order valence-electron chi connectivity index (χ1n) is 9.70. The lowest BCUT2D eigenvalue weighted by molar-refractivity contribution is -0.0947. The Morgan fingerprint density at radius 3 is 2.61 bits per heavy atom. The fourth-order valence-corrected chi connectivity index (χ4v) is 3.39. The molecule has 1 aliphatic heterocycles. The second kappa shape index (κ2) is 8.70. The zero-order valence-electron chi connectivity index (χ0n) is 17.1. The molecule has 0 aliphatic carbocycles. The molecule has 2 amide bonds. The molecule has 3 heterocycles. The number of morpholine rings is 1. The summed E-state index contributed by atoms with van der Waals surface area (Å²) < 4.78 is 7.50. The molecule has 2 aromatic heterocycles. The summed E-state index contributed by atoms with van der Waals surface area (Å²) in [6.07, 6.45) is 5.70. The van der Waals surface area contributed by atoms with E-state index >= 15 is 0 Å². The summed E-state index contributed by atoms with van der Waals surface area (Å²) in [6.45, 7) is 11.2. The summed E-state index contributed by atoms with van der Waals surface area (Å²) >= 11 is 0. The van der Waals surface area contributed by atoms with Gasteiger partial charge in [-0.3, -0.25) is 4.90 Å². The zero-order valence-corrected chi connectivity index (χ0v) is 17.1. The molecule has 0 spiro atoms. The molecular formula is C20H30N6O2. The van der Waals surface area contributed by atoms with E-state index < -0.39 is 0 Å². The number of pyridine rings is 1. The van der Waals surface area contributed by atoms with E-state index in [0.29, 0.717) is 13.1 Å². The monoisotopic (exact) mass is 386 g/mol. The summed E-state index contributed by atoms with van der Waals surface area (Å²) in [7, 11) is 0. The Morgan fingerprint density at radius 2 is 2.00 bits per heavy atom. The lowest BCUT2D eigenvalue weighted by Crippen LogP contribution is -2.59. The van der Waals surface area contributed by atoms with Crippen LogP contribution in [0.3, 0.4) is 0 Å². The van der Waals surface area contributed by atoms with Gasteiger partial charge in [-0.2, -0.15) is 5.10 Å². The average molecular weight is 387 g/mol. The average Bonchev–Trinajstić information content (AvgIpc) is 3.19. The third-order valence-electron chi connectivity index (χ3n) is 4.96. The number of rotatable bonds is 6. The Balaban J connectivity index is 1.45. The second-order valence-electron chi connectivity index (χ2n) is 7.99. The van der Waals surface area contributed by atoms with Gasteiger partial charge in [0.05, 0.1) is 12.2 Å². The van der Waals surface area contributed by atoms with Crippen LogP contribution in [0.1, 0.15) is 33.3 Å². The van der Waals surface area contributed by atoms with Gasteiger partial charge in [0.2, 0.25) is 0 Å². The first-order chi connectivity index (χ1) is 13.3. The van der Waals surface area contributed by atoms with Crippen molar-refractivity contribution in [2.45, 2.75) is 52.0 Å². The third-order valence-corrected chi connectivity index (χ3v) is 4.96. The van der Waals surface area contributed by atoms with Crippen LogP contribution in [0.5, 0.6) is 0 Å². The number of hydrogen-bond acceptors (Lipinski definition) is 5. The highest BCUT2D eigenvalue weighted by atomic mass is 16.5. The molecule has 0 radical (unpaired) electrons. The van der Waals surface area contributed by atoms with E-state index in [-0.39, 0.29) is 23.8 Å². The van der Waals surface area contributed by atoms with Crippen molar-refractivity contribution in [1.82, 2.24) is 30.3 Å². The van der Waals surface area contributed by atoms with E-state index in [1.54, 1.807) is 17.1 Å². The highest BCUT2D eigenvalue weighted by molar-refractivity contribution is 5.73. The van der Waals surface area contributed by atoms with Crippen LogP contribution in [0.4, 0.5) is 4.79 Å². The highest BCUT2D eigenvalue weighted by Crippen LogP contribution is 2.20. The van der Waals surface area contributed by atoms with Crippen LogP contribution in [-0.2, 0) is 11.3 Å². The Kier molecular flexibility index (Phi) is 6.31. The second-order valence-corrected chi connectivity index (χ2v) is 7.99. The van der Waals surface area contributed by atoms with E-state index in [1.165, 1.54) is 0 Å². The molecule has 8 heteroatoms. The normalized spacial score (nSPS) is 20.7. The zero-order chi connectivity index (χ0) is 20.1. The summed E-state index contributed by atoms with van der Waals surface area (Å²) in [4.78, 5) is 19.0. The van der Waals surface area contributed by atoms with Crippen LogP contribution >= 0.6 is 0 Å². The minimum Gasteiger partial charge on any atom is -0.373 e. The van der Waals surface area contributed by atoms with Crippen LogP contribution in [0.15, 0.2) is 36.8 Å². The molecule has 3 rings (SSSR count). The molecule has 2 atom stereocenters. The highest BCUT2D eigenvalue weighted by Gasteiger charge is 2.33. The maximum atomic E-state index is 12.2. The number of amides is 2. The molecule has 1 fully saturated rings. The predicted octanol–water partition coefficient (Wildman–Crippen LogP) is 1.95. The van der Waals surface area contributed by atoms with Crippen molar-refractivity contribution < 1.29 is 9.53 Å². The maximum absolute atomic E-state index is 12.2. The summed E-state index contributed by atoms with van der Waals surface area (Å²) in [5, 5.41) is 10.0. The molecule has 152 valence electrons. The number of ether oxygens (including phenoxy) is 1. The number of hydrogen-bond donors (Lipinski definition) is 2. The van der Waals surface area contributed by atoms with Gasteiger partial charge in [0.25, 0.3) is 0 Å². The van der Waals surface area contributed by atoms with E-state index in [9.17, 15) is 4.79 Å². The fraction of sp³-hybridized carbons (Fsp3) is 0.550. The molecular weight excluding hydrogens is 356 g/mol. The van der Waals surface area contributed by atoms with Crippen molar-refractivity contribution >= 4 is 6.03 Å². The van der Waals surface area contributed by atoms with Gasteiger partial charge in [-0.05, 0) is 45.4 Å². The predicted molar refractivity (Wildman–Crippen MR) is 107 cm³/mol. The number of aromatic nitrogens is 3. The number of carbonyl (C=O) groups excluding carboxylic acids is 1. The Labute approximate surface area is 166 Å². The lowest BCUT2D eigenvalue weighted by Gasteiger charge is -2.45. The minimum atomic E-state index is -0.182. The van der Waals surface area contributed by atoms with Gasteiger partial charge in [-0.15, -0.1) is 0 Å². The number of nitrogens with zero attached hydrogens (tertiary/aromatic N) is 4. The van der Waals surface area contributed by atoms with Crippen molar-refractivity contribution in [1.29, 1.82) is 0 Å². The fourth-order valence-electron chi connectivity index (χ4n) is 3.39. The molecule has 1 saturated heterocycles. The van der Waals surface area contributed by atoms with Gasteiger partial charge in [0.1, 0.15) is 0 Å². The van der Waals surface area contributed by atoms with Crippen LogP contribution in [0, 0.1) is 0 Å². The topological polar surface area (TPSA) is 84.3 Å². The van der Waals surface area contributed by atoms with Gasteiger partial charge in [-0.25, -0.2) is 14.5 Å². The van der Waals surface area contributed by atoms with Crippen LogP contribution in [-0.4, -0.2) is 63.1 Å². The van der Waals surface area contributed by atoms with Gasteiger partial charge in [0, 0.05) is 50.3 Å². The lowest BCUT2D eigenvalue weighted by atomic mass is 10.00. The molecule has 8 nitrogen and oxygen atoms in total. The van der Waals surface area contributed by atoms with Gasteiger partial charge < -0.3 is 15.4 Å². The molecule has 28 heavy (non-hydrogen) atoms. The first kappa shape index (κ1) is 20.3. The van der Waals surface area contributed by atoms with E-state index in [2.05, 4.69) is 53.3 Å². The molecule has 1 aliphatic rings. The molecule has 2 aromatic rings. The standard InChI is InChI=1S/C20H30N6O2/c1-15-12-25(13-16(2)28-15)20(3,4)14-23-19(27)22-11-17-6-7-18(21-10-17)26-9-5-8-24-26/h5-10,15-16H,11-14H2,1-4H3,(H2,22,23,27)/t15-,16+. The number of carbonyl (C=O) groups is 1. The Hall–Kier alpha value is -2.45. The van der Waals surface area contributed by atoms with Crippen molar-refractivity contribution in [3.05, 3.63) is 42.4 Å². The smallest absolute Gasteiger partial charge is 0.315 e. The van der Waals surface area contributed by atoms with Crippen molar-refractivity contribution in [3.8, 4) is 5.82 Å². The largest absolute Gasteiger partial charge is 0.373 e. The van der Waals surface area contributed by atoms with E-state index in [0.717, 1.165) is 24.5 Å². The van der Waals surface area contributed by atoms with E-state index in [4.69, 9.17) is 4.74 Å². The van der Waals surface area contributed by atoms with Crippen molar-refractivity contribution in [2.24, 2.45) is 0 Å². The quantitative estimate of drug-likeness (QED) is 0.793. The van der Waals surface area contributed by atoms with Crippen LogP contribution in [0.25, 0.3) is 5.82 Å². The third kappa shape index (κ3) is 5.30. The number of nitrogens with one attached hydrogen (secondary N) is 2. The van der Waals surface area contributed by atoms with Gasteiger partial charge in [0.15, 0.2) is 5.82 Å². The summed E-state index contributed by atoms with van der Waals surface area (Å²) in [5.74, 6) is 0.744. The molecule has 0 saturated carbocycles. The molecule has 0 bridgehead atoms. The minimum absolute atomic E-state index is 0.142. The molecule has 0 aromatic carbocycles. The van der Waals surface area contributed by atoms with Crippen LogP contribution < -0.4 is 10.6 Å². The summed E-state index contributed by atoms with van der Waals surface area (Å²) in [5.41, 5.74) is 0.789. The van der Waals surface area contributed by atoms with Crippen molar-refractivity contribution in [2.75, 3.05) is 19.6 Å².